The molecule has 0 saturated carbocycles. The third-order valence-electron chi connectivity index (χ3n) is 2.60. The molecule has 0 amide bonds. The quantitative estimate of drug-likeness (QED) is 0.486. The molecule has 0 aliphatic rings. The number of nitrogens with two attached hydrogens (primary N) is 1. The Hall–Kier alpha value is -2.37. The van der Waals surface area contributed by atoms with Crippen molar-refractivity contribution in [3.63, 3.8) is 0 Å². The summed E-state index contributed by atoms with van der Waals surface area (Å²) >= 11 is 0. The smallest absolute Gasteiger partial charge is 0.279 e. The van der Waals surface area contributed by atoms with Crippen LogP contribution in [0.1, 0.15) is 5.56 Å². The van der Waals surface area contributed by atoms with Crippen LogP contribution in [0, 0.1) is 17.0 Å². The molecule has 0 aliphatic heterocycles. The van der Waals surface area contributed by atoms with Gasteiger partial charge in [-0.05, 0) is 18.6 Å². The molecule has 17 heavy (non-hydrogen) atoms. The molecule has 0 fully saturated rings. The lowest BCUT2D eigenvalue weighted by Gasteiger charge is -2.04. The molecule has 88 valence electrons. The van der Waals surface area contributed by atoms with E-state index in [9.17, 15) is 10.1 Å². The zero-order valence-corrected chi connectivity index (χ0v) is 9.54. The second-order valence-electron chi connectivity index (χ2n) is 3.89. The van der Waals surface area contributed by atoms with Gasteiger partial charge in [0.05, 0.1) is 16.7 Å². The van der Waals surface area contributed by atoms with Gasteiger partial charge in [0.1, 0.15) is 0 Å². The Kier molecular flexibility index (Phi) is 2.55. The zero-order chi connectivity index (χ0) is 12.6. The van der Waals surface area contributed by atoms with Crippen molar-refractivity contribution >= 4 is 11.4 Å². The molecular formula is C11H12N4O2. The van der Waals surface area contributed by atoms with Crippen LogP contribution in [-0.2, 0) is 7.05 Å². The molecule has 2 aromatic rings. The highest BCUT2D eigenvalue weighted by Crippen LogP contribution is 2.33. The SMILES string of the molecule is Cc1cc(-c2cnn(C)c2)c([N+](=O)[O-])cc1N. The van der Waals surface area contributed by atoms with Gasteiger partial charge < -0.3 is 5.73 Å². The van der Waals surface area contributed by atoms with E-state index in [1.807, 2.05) is 6.92 Å². The van der Waals surface area contributed by atoms with Crippen LogP contribution in [0.2, 0.25) is 0 Å². The van der Waals surface area contributed by atoms with Crippen molar-refractivity contribution in [2.45, 2.75) is 6.92 Å². The molecule has 2 rings (SSSR count). The van der Waals surface area contributed by atoms with Gasteiger partial charge in [0.25, 0.3) is 5.69 Å². The van der Waals surface area contributed by atoms with Gasteiger partial charge in [-0.15, -0.1) is 0 Å². The van der Waals surface area contributed by atoms with Crippen molar-refractivity contribution in [1.29, 1.82) is 0 Å². The first-order chi connectivity index (χ1) is 7.99. The van der Waals surface area contributed by atoms with Crippen LogP contribution >= 0.6 is 0 Å². The van der Waals surface area contributed by atoms with Crippen LogP contribution in [0.5, 0.6) is 0 Å². The molecule has 6 heteroatoms. The summed E-state index contributed by atoms with van der Waals surface area (Å²) in [5.74, 6) is 0. The number of hydrogen-bond acceptors (Lipinski definition) is 4. The molecular weight excluding hydrogens is 220 g/mol. The monoisotopic (exact) mass is 232 g/mol. The topological polar surface area (TPSA) is 87.0 Å². The van der Waals surface area contributed by atoms with Gasteiger partial charge in [-0.1, -0.05) is 0 Å². The van der Waals surface area contributed by atoms with Crippen molar-refractivity contribution in [1.82, 2.24) is 9.78 Å². The number of benzene rings is 1. The van der Waals surface area contributed by atoms with Gasteiger partial charge >= 0.3 is 0 Å². The Morgan fingerprint density at radius 2 is 2.18 bits per heavy atom. The van der Waals surface area contributed by atoms with Crippen molar-refractivity contribution in [2.75, 3.05) is 5.73 Å². The summed E-state index contributed by atoms with van der Waals surface area (Å²) in [5, 5.41) is 15.0. The number of aryl methyl sites for hydroxylation is 2. The fraction of sp³-hybridized carbons (Fsp3) is 0.182. The number of nitro groups is 1. The van der Waals surface area contributed by atoms with Crippen LogP contribution in [0.4, 0.5) is 11.4 Å². The normalized spacial score (nSPS) is 10.5. The van der Waals surface area contributed by atoms with E-state index < -0.39 is 4.92 Å². The molecule has 0 unspecified atom stereocenters. The van der Waals surface area contributed by atoms with E-state index in [1.54, 1.807) is 30.2 Å². The van der Waals surface area contributed by atoms with E-state index in [2.05, 4.69) is 5.10 Å². The second kappa shape index (κ2) is 3.89. The molecule has 0 atom stereocenters. The predicted molar refractivity (Wildman–Crippen MR) is 64.4 cm³/mol. The zero-order valence-electron chi connectivity index (χ0n) is 9.54. The third-order valence-corrected chi connectivity index (χ3v) is 2.60. The molecule has 0 spiro atoms. The Morgan fingerprint density at radius 3 is 2.71 bits per heavy atom. The highest BCUT2D eigenvalue weighted by atomic mass is 16.6. The number of aromatic nitrogens is 2. The van der Waals surface area contributed by atoms with Gasteiger partial charge in [-0.2, -0.15) is 5.10 Å². The Balaban J connectivity index is 2.67. The number of nitrogen functional groups attached to an aromatic ring is 1. The summed E-state index contributed by atoms with van der Waals surface area (Å²) in [5.41, 5.74) is 8.17. The van der Waals surface area contributed by atoms with E-state index in [0.29, 0.717) is 16.8 Å². The first kappa shape index (κ1) is 11.1. The number of nitrogens with zero attached hydrogens (tertiary/aromatic N) is 3. The van der Waals surface area contributed by atoms with Gasteiger partial charge in [-0.25, -0.2) is 0 Å². The largest absolute Gasteiger partial charge is 0.398 e. The first-order valence-corrected chi connectivity index (χ1v) is 5.02. The molecule has 1 heterocycles. The van der Waals surface area contributed by atoms with Gasteiger partial charge in [0.2, 0.25) is 0 Å². The van der Waals surface area contributed by atoms with E-state index in [0.717, 1.165) is 5.56 Å². The first-order valence-electron chi connectivity index (χ1n) is 5.02. The molecule has 6 nitrogen and oxygen atoms in total. The van der Waals surface area contributed by atoms with E-state index in [1.165, 1.54) is 6.07 Å². The summed E-state index contributed by atoms with van der Waals surface area (Å²) in [6.45, 7) is 1.82. The van der Waals surface area contributed by atoms with E-state index in [-0.39, 0.29) is 5.69 Å². The maximum atomic E-state index is 11.0. The summed E-state index contributed by atoms with van der Waals surface area (Å²) in [6.07, 6.45) is 3.33. The Morgan fingerprint density at radius 1 is 1.47 bits per heavy atom. The van der Waals surface area contributed by atoms with Gasteiger partial charge in [0.15, 0.2) is 0 Å². The number of rotatable bonds is 2. The van der Waals surface area contributed by atoms with Crippen molar-refractivity contribution in [2.24, 2.45) is 7.05 Å². The Bertz CT molecular complexity index is 589. The summed E-state index contributed by atoms with van der Waals surface area (Å²) in [6, 6.07) is 3.10. The highest BCUT2D eigenvalue weighted by molar-refractivity contribution is 5.77. The highest BCUT2D eigenvalue weighted by Gasteiger charge is 2.18. The average Bonchev–Trinajstić information content (AvgIpc) is 2.68. The molecule has 0 aliphatic carbocycles. The lowest BCUT2D eigenvalue weighted by molar-refractivity contribution is -0.384. The van der Waals surface area contributed by atoms with Gasteiger partial charge in [0, 0.05) is 30.6 Å². The third kappa shape index (κ3) is 1.96. The second-order valence-corrected chi connectivity index (χ2v) is 3.89. The van der Waals surface area contributed by atoms with Gasteiger partial charge in [-0.3, -0.25) is 14.8 Å². The number of nitro benzene ring substituents is 1. The predicted octanol–water partition coefficient (Wildman–Crippen LogP) is 1.89. The molecule has 0 bridgehead atoms. The summed E-state index contributed by atoms with van der Waals surface area (Å²) < 4.78 is 1.60. The minimum absolute atomic E-state index is 0.00102. The lowest BCUT2D eigenvalue weighted by atomic mass is 10.0. The van der Waals surface area contributed by atoms with Crippen molar-refractivity contribution in [3.8, 4) is 11.1 Å². The Labute approximate surface area is 97.8 Å². The number of hydrogen-bond donors (Lipinski definition) is 1. The van der Waals surface area contributed by atoms with Crippen LogP contribution in [0.3, 0.4) is 0 Å². The molecule has 1 aromatic heterocycles. The summed E-state index contributed by atoms with van der Waals surface area (Å²) in [4.78, 5) is 10.6. The fourth-order valence-electron chi connectivity index (χ4n) is 1.66. The molecule has 2 N–H and O–H groups in total. The summed E-state index contributed by atoms with van der Waals surface area (Å²) in [7, 11) is 1.76. The maximum absolute atomic E-state index is 11.0. The van der Waals surface area contributed by atoms with Crippen LogP contribution < -0.4 is 5.73 Å². The van der Waals surface area contributed by atoms with Crippen LogP contribution in [-0.4, -0.2) is 14.7 Å². The minimum atomic E-state index is -0.432. The van der Waals surface area contributed by atoms with Crippen molar-refractivity contribution < 1.29 is 4.92 Å². The number of anilines is 1. The molecule has 0 radical (unpaired) electrons. The van der Waals surface area contributed by atoms with Crippen molar-refractivity contribution in [3.05, 3.63) is 40.2 Å². The van der Waals surface area contributed by atoms with Crippen LogP contribution in [0.15, 0.2) is 24.5 Å². The molecule has 1 aromatic carbocycles. The minimum Gasteiger partial charge on any atom is -0.398 e. The van der Waals surface area contributed by atoms with E-state index >= 15 is 0 Å². The maximum Gasteiger partial charge on any atom is 0.279 e. The molecule has 0 saturated heterocycles. The average molecular weight is 232 g/mol. The van der Waals surface area contributed by atoms with E-state index in [4.69, 9.17) is 5.73 Å². The fourth-order valence-corrected chi connectivity index (χ4v) is 1.66. The lowest BCUT2D eigenvalue weighted by Crippen LogP contribution is -1.96. The standard InChI is InChI=1S/C11H12N4O2/c1-7-3-9(8-5-13-14(2)6-8)11(15(16)17)4-10(7)12/h3-6H,12H2,1-2H3. The van der Waals surface area contributed by atoms with Crippen LogP contribution in [0.25, 0.3) is 11.1 Å².